The van der Waals surface area contributed by atoms with Crippen molar-refractivity contribution in [1.82, 2.24) is 4.72 Å². The molecule has 1 aliphatic rings. The molecule has 0 radical (unpaired) electrons. The zero-order valence-corrected chi connectivity index (χ0v) is 10.2. The van der Waals surface area contributed by atoms with Gasteiger partial charge in [-0.25, -0.2) is 13.1 Å². The van der Waals surface area contributed by atoms with Crippen LogP contribution in [-0.2, 0) is 10.0 Å². The third kappa shape index (κ3) is 5.49. The van der Waals surface area contributed by atoms with Crippen LogP contribution in [0.5, 0.6) is 0 Å². The van der Waals surface area contributed by atoms with Gasteiger partial charge in [-0.15, -0.1) is 0 Å². The molecule has 1 saturated carbocycles. The fourth-order valence-corrected chi connectivity index (χ4v) is 3.08. The molecule has 5 heteroatoms. The van der Waals surface area contributed by atoms with E-state index in [-0.39, 0.29) is 11.8 Å². The molecule has 1 fully saturated rings. The van der Waals surface area contributed by atoms with E-state index in [1.807, 2.05) is 6.92 Å². The molecule has 1 rings (SSSR count). The molecule has 4 nitrogen and oxygen atoms in total. The van der Waals surface area contributed by atoms with Crippen molar-refractivity contribution in [2.24, 2.45) is 11.7 Å². The molecule has 1 aliphatic carbocycles. The normalized spacial score (nSPS) is 19.1. The summed E-state index contributed by atoms with van der Waals surface area (Å²) in [6.07, 6.45) is 4.94. The molecule has 0 spiro atoms. The lowest BCUT2D eigenvalue weighted by molar-refractivity contribution is 0.494. The lowest BCUT2D eigenvalue weighted by Crippen LogP contribution is -2.36. The summed E-state index contributed by atoms with van der Waals surface area (Å²) in [5, 5.41) is 0. The summed E-state index contributed by atoms with van der Waals surface area (Å²) in [7, 11) is -3.10. The van der Waals surface area contributed by atoms with Crippen molar-refractivity contribution in [3.63, 3.8) is 0 Å². The zero-order valence-electron chi connectivity index (χ0n) is 9.41. The van der Waals surface area contributed by atoms with Crippen LogP contribution in [0.1, 0.15) is 39.0 Å². The maximum absolute atomic E-state index is 11.6. The molecule has 90 valence electrons. The second kappa shape index (κ2) is 5.82. The summed E-state index contributed by atoms with van der Waals surface area (Å²) in [6, 6.07) is 0.125. The van der Waals surface area contributed by atoms with E-state index in [0.717, 1.165) is 18.8 Å². The van der Waals surface area contributed by atoms with Crippen molar-refractivity contribution in [2.75, 3.05) is 12.3 Å². The standard InChI is InChI=1S/C10H22N2O2S/c1-2-10(8-9-4-5-9)12-15(13,14)7-3-6-11/h9-10,12H,2-8,11H2,1H3. The molecule has 0 bridgehead atoms. The smallest absolute Gasteiger partial charge is 0.211 e. The average molecular weight is 234 g/mol. The van der Waals surface area contributed by atoms with Gasteiger partial charge in [0.2, 0.25) is 10.0 Å². The number of nitrogens with two attached hydrogens (primary N) is 1. The third-order valence-corrected chi connectivity index (χ3v) is 4.29. The van der Waals surface area contributed by atoms with Gasteiger partial charge in [0, 0.05) is 6.04 Å². The van der Waals surface area contributed by atoms with Crippen LogP contribution in [0, 0.1) is 5.92 Å². The second-order valence-electron chi connectivity index (χ2n) is 4.36. The van der Waals surface area contributed by atoms with E-state index in [0.29, 0.717) is 13.0 Å². The van der Waals surface area contributed by atoms with Crippen LogP contribution in [0.15, 0.2) is 0 Å². The SMILES string of the molecule is CCC(CC1CC1)NS(=O)(=O)CCCN. The molecule has 0 aromatic rings. The lowest BCUT2D eigenvalue weighted by atomic mass is 10.1. The number of rotatable bonds is 8. The number of hydrogen-bond donors (Lipinski definition) is 2. The summed E-state index contributed by atoms with van der Waals surface area (Å²) >= 11 is 0. The van der Waals surface area contributed by atoms with Crippen molar-refractivity contribution in [3.8, 4) is 0 Å². The van der Waals surface area contributed by atoms with Gasteiger partial charge in [0.05, 0.1) is 5.75 Å². The molecule has 15 heavy (non-hydrogen) atoms. The van der Waals surface area contributed by atoms with E-state index in [1.54, 1.807) is 0 Å². The summed E-state index contributed by atoms with van der Waals surface area (Å²) < 4.78 is 26.0. The van der Waals surface area contributed by atoms with Crippen LogP contribution in [0.4, 0.5) is 0 Å². The molecule has 1 unspecified atom stereocenters. The molecule has 0 aliphatic heterocycles. The highest BCUT2D eigenvalue weighted by Gasteiger charge is 2.26. The van der Waals surface area contributed by atoms with Gasteiger partial charge in [-0.2, -0.15) is 0 Å². The van der Waals surface area contributed by atoms with Gasteiger partial charge >= 0.3 is 0 Å². The Balaban J connectivity index is 2.34. The first kappa shape index (κ1) is 12.9. The summed E-state index contributed by atoms with van der Waals surface area (Å²) in [5.74, 6) is 0.914. The Morgan fingerprint density at radius 3 is 2.60 bits per heavy atom. The minimum atomic E-state index is -3.10. The minimum Gasteiger partial charge on any atom is -0.330 e. The van der Waals surface area contributed by atoms with Crippen molar-refractivity contribution in [2.45, 2.75) is 45.1 Å². The van der Waals surface area contributed by atoms with Crippen molar-refractivity contribution < 1.29 is 8.42 Å². The quantitative estimate of drug-likeness (QED) is 0.653. The largest absolute Gasteiger partial charge is 0.330 e. The predicted octanol–water partition coefficient (Wildman–Crippen LogP) is 0.833. The molecule has 0 saturated heterocycles. The third-order valence-electron chi connectivity index (χ3n) is 2.77. The van der Waals surface area contributed by atoms with Crippen LogP contribution in [-0.4, -0.2) is 26.8 Å². The van der Waals surface area contributed by atoms with Gasteiger partial charge in [-0.1, -0.05) is 19.8 Å². The van der Waals surface area contributed by atoms with E-state index in [1.165, 1.54) is 12.8 Å². The maximum Gasteiger partial charge on any atom is 0.211 e. The van der Waals surface area contributed by atoms with Gasteiger partial charge in [0.1, 0.15) is 0 Å². The van der Waals surface area contributed by atoms with Crippen LogP contribution in [0.25, 0.3) is 0 Å². The monoisotopic (exact) mass is 234 g/mol. The fourth-order valence-electron chi connectivity index (χ4n) is 1.64. The Bertz CT molecular complexity index is 273. The fraction of sp³-hybridized carbons (Fsp3) is 1.00. The Labute approximate surface area is 92.7 Å². The van der Waals surface area contributed by atoms with Gasteiger partial charge < -0.3 is 5.73 Å². The highest BCUT2D eigenvalue weighted by atomic mass is 32.2. The van der Waals surface area contributed by atoms with Crippen molar-refractivity contribution in [3.05, 3.63) is 0 Å². The van der Waals surface area contributed by atoms with Gasteiger partial charge in [-0.05, 0) is 31.7 Å². The van der Waals surface area contributed by atoms with Crippen LogP contribution < -0.4 is 10.5 Å². The van der Waals surface area contributed by atoms with E-state index >= 15 is 0 Å². The molecular formula is C10H22N2O2S. The van der Waals surface area contributed by atoms with E-state index < -0.39 is 10.0 Å². The topological polar surface area (TPSA) is 72.2 Å². The van der Waals surface area contributed by atoms with E-state index in [9.17, 15) is 8.42 Å². The van der Waals surface area contributed by atoms with E-state index in [4.69, 9.17) is 5.73 Å². The molecule has 0 amide bonds. The summed E-state index contributed by atoms with van der Waals surface area (Å²) in [4.78, 5) is 0. The summed E-state index contributed by atoms with van der Waals surface area (Å²) in [5.41, 5.74) is 5.30. The van der Waals surface area contributed by atoms with Gasteiger partial charge in [0.15, 0.2) is 0 Å². The van der Waals surface area contributed by atoms with Crippen molar-refractivity contribution >= 4 is 10.0 Å². The summed E-state index contributed by atoms with van der Waals surface area (Å²) in [6.45, 7) is 2.46. The molecule has 1 atom stereocenters. The molecule has 0 aromatic heterocycles. The molecule has 0 aromatic carbocycles. The Kier molecular flexibility index (Phi) is 5.02. The van der Waals surface area contributed by atoms with Crippen molar-refractivity contribution in [1.29, 1.82) is 0 Å². The number of nitrogens with one attached hydrogen (secondary N) is 1. The highest BCUT2D eigenvalue weighted by molar-refractivity contribution is 7.89. The Morgan fingerprint density at radius 2 is 2.13 bits per heavy atom. The van der Waals surface area contributed by atoms with Gasteiger partial charge in [-0.3, -0.25) is 0 Å². The Morgan fingerprint density at radius 1 is 1.47 bits per heavy atom. The Hall–Kier alpha value is -0.130. The molecule has 3 N–H and O–H groups in total. The predicted molar refractivity (Wildman–Crippen MR) is 62.0 cm³/mol. The first-order valence-electron chi connectivity index (χ1n) is 5.77. The van der Waals surface area contributed by atoms with Crippen LogP contribution in [0.2, 0.25) is 0 Å². The molecular weight excluding hydrogens is 212 g/mol. The lowest BCUT2D eigenvalue weighted by Gasteiger charge is -2.16. The number of hydrogen-bond acceptors (Lipinski definition) is 3. The minimum absolute atomic E-state index is 0.125. The molecule has 0 heterocycles. The second-order valence-corrected chi connectivity index (χ2v) is 6.24. The highest BCUT2D eigenvalue weighted by Crippen LogP contribution is 2.34. The number of sulfonamides is 1. The maximum atomic E-state index is 11.6. The van der Waals surface area contributed by atoms with E-state index in [2.05, 4.69) is 4.72 Å². The van der Waals surface area contributed by atoms with Crippen LogP contribution >= 0.6 is 0 Å². The zero-order chi connectivity index (χ0) is 11.3. The van der Waals surface area contributed by atoms with Gasteiger partial charge in [0.25, 0.3) is 0 Å². The van der Waals surface area contributed by atoms with Crippen LogP contribution in [0.3, 0.4) is 0 Å². The first-order chi connectivity index (χ1) is 7.07. The first-order valence-corrected chi connectivity index (χ1v) is 7.42. The average Bonchev–Trinajstić information content (AvgIpc) is 2.97.